The van der Waals surface area contributed by atoms with E-state index < -0.39 is 0 Å². The second-order valence-electron chi connectivity index (χ2n) is 38.2. The molecule has 7 aromatic rings. The van der Waals surface area contributed by atoms with Crippen molar-refractivity contribution in [3.8, 4) is 5.75 Å². The number of aliphatic hydroxyl groups is 1. The molecule has 0 saturated carbocycles. The lowest BCUT2D eigenvalue weighted by Crippen LogP contribution is -2.48. The zero-order chi connectivity index (χ0) is 87.1. The first-order chi connectivity index (χ1) is 53.8. The average molecular weight is 1590 g/mol. The van der Waals surface area contributed by atoms with Crippen LogP contribution >= 0.6 is 0 Å². The molecule has 0 aliphatic carbocycles. The van der Waals surface area contributed by atoms with Gasteiger partial charge in [0.1, 0.15) is 5.75 Å². The molecule has 0 aromatic heterocycles. The van der Waals surface area contributed by atoms with Gasteiger partial charge in [0.15, 0.2) is 6.61 Å². The number of likely N-dealkylation sites (N-methyl/N-ethyl adjacent to an activating group) is 1. The highest BCUT2D eigenvalue weighted by atomic mass is 16.5. The Hall–Kier alpha value is -9.61. The maximum absolute atomic E-state index is 12.0. The minimum atomic E-state index is -0.124. The van der Waals surface area contributed by atoms with E-state index in [-0.39, 0.29) is 98.9 Å². The molecule has 6 amide bonds. The van der Waals surface area contributed by atoms with Crippen LogP contribution in [0.15, 0.2) is 163 Å². The summed E-state index contributed by atoms with van der Waals surface area (Å²) < 4.78 is 5.38. The van der Waals surface area contributed by atoms with Gasteiger partial charge in [-0.15, -0.1) is 0 Å². The number of anilines is 5. The quantitative estimate of drug-likeness (QED) is 0.119. The molecule has 4 heterocycles. The number of carbonyl (C=O) groups excluding carboxylic acids is 6. The van der Waals surface area contributed by atoms with E-state index in [9.17, 15) is 28.8 Å². The van der Waals surface area contributed by atoms with E-state index in [0.29, 0.717) is 6.42 Å². The van der Waals surface area contributed by atoms with Gasteiger partial charge in [0.25, 0.3) is 5.91 Å². The van der Waals surface area contributed by atoms with Crippen molar-refractivity contribution >= 4 is 70.1 Å². The summed E-state index contributed by atoms with van der Waals surface area (Å²) in [5.41, 5.74) is 19.6. The SMILES string of the molecule is CC(=O)N(C)c1ccc(C(C)(C)C)cc1.CC(=O)N1CCN(c2ccc(C(C)(C)C)cc2)CC1.CC(C)(C)c1ccc2c(c1)CCC(=O)N2.CC(C)(C)c1ccc2c(c1)CN=C2.CN(C(=O)CCO)c1ccc(C(C)(C)C)cc1.CN(C)C(=O)C1CCN(c2ccc(C(C)(C)C)cc2)CC1.CNC(=O)COc1cccc(C(C)(C)C)c1. The maximum atomic E-state index is 12.0. The van der Waals surface area contributed by atoms with Crippen LogP contribution in [0.25, 0.3) is 0 Å². The molecule has 2 saturated heterocycles. The van der Waals surface area contributed by atoms with Crippen molar-refractivity contribution in [1.29, 1.82) is 0 Å². The zero-order valence-electron chi connectivity index (χ0n) is 76.0. The molecule has 3 N–H and O–H groups in total. The van der Waals surface area contributed by atoms with Crippen molar-refractivity contribution in [1.82, 2.24) is 15.1 Å². The summed E-state index contributed by atoms with van der Waals surface area (Å²) in [5, 5.41) is 14.2. The Morgan fingerprint density at radius 1 is 0.491 bits per heavy atom. The molecule has 632 valence electrons. The van der Waals surface area contributed by atoms with Gasteiger partial charge in [-0.3, -0.25) is 33.8 Å². The third kappa shape index (κ3) is 31.1. The number of aliphatic imine (C=N–C) groups is 1. The van der Waals surface area contributed by atoms with E-state index in [1.54, 1.807) is 49.7 Å². The largest absolute Gasteiger partial charge is 0.484 e. The van der Waals surface area contributed by atoms with Gasteiger partial charge in [0.2, 0.25) is 29.5 Å². The number of piperazine rings is 1. The lowest BCUT2D eigenvalue weighted by Gasteiger charge is -2.35. The van der Waals surface area contributed by atoms with Crippen LogP contribution in [0.1, 0.15) is 241 Å². The number of amides is 6. The molecular formula is C99H143N9O8. The highest BCUT2D eigenvalue weighted by molar-refractivity contribution is 5.94. The predicted molar refractivity (Wildman–Crippen MR) is 486 cm³/mol. The Balaban J connectivity index is 0.000000242. The van der Waals surface area contributed by atoms with E-state index in [1.807, 2.05) is 85.9 Å². The van der Waals surface area contributed by atoms with Crippen LogP contribution in [0.2, 0.25) is 0 Å². The average Bonchev–Trinajstić information content (AvgIpc) is 1.63. The van der Waals surface area contributed by atoms with Crippen LogP contribution in [0.4, 0.5) is 28.4 Å². The molecule has 4 aliphatic heterocycles. The third-order valence-corrected chi connectivity index (χ3v) is 21.3. The Bertz CT molecular complexity index is 4320. The van der Waals surface area contributed by atoms with Gasteiger partial charge in [-0.1, -0.05) is 236 Å². The molecule has 17 nitrogen and oxygen atoms in total. The van der Waals surface area contributed by atoms with E-state index in [4.69, 9.17) is 9.84 Å². The zero-order valence-corrected chi connectivity index (χ0v) is 76.0. The number of benzene rings is 7. The molecule has 11 rings (SSSR count). The minimum absolute atomic E-state index is 0.0542. The number of nitrogens with zero attached hydrogens (tertiary/aromatic N) is 7. The molecule has 0 bridgehead atoms. The van der Waals surface area contributed by atoms with E-state index >= 15 is 0 Å². The second kappa shape index (κ2) is 42.5. The van der Waals surface area contributed by atoms with Gasteiger partial charge < -0.3 is 49.9 Å². The van der Waals surface area contributed by atoms with E-state index in [2.05, 4.69) is 268 Å². The standard InChI is InChI=1S/C18H28N2O.C16H24N2O.C14H21NO2.C13H19NO2.C13H17NO.C13H19NO.C12H15N/c1-18(2,3)15-6-8-16(9-7-15)20-12-10-14(11-13-20)17(21)19(4)5;1-13(19)17-9-11-18(12-10-17)15-7-5-14(6-8-15)16(2,3)4;1-14(2,3)11-5-7-12(8-6-11)15(4)13(17)9-10-16;1-13(2,3)10-6-5-7-11(8-10)16-9-12(15)14-4;1-13(2,3)10-5-6-11-9(8-10)4-7-12(15)14-11;1-10(15)14(5)12-8-6-11(7-9-12)13(2,3)4;1-12(2,3)11-5-4-9-7-13-8-10(9)6-11/h6-9,14H,10-13H2,1-5H3;5-8H,9-12H2,1-4H3;5-8,16H,9-10H2,1-4H3;5-8H,9H2,1-4H3,(H,14,15);5-6,8H,4,7H2,1-3H3,(H,14,15);6-9H,1-5H3;4-7H,8H2,1-3H3. The summed E-state index contributed by atoms with van der Waals surface area (Å²) >= 11 is 0. The number of fused-ring (bicyclic) bond motifs is 2. The topological polar surface area (TPSA) is 188 Å². The summed E-state index contributed by atoms with van der Waals surface area (Å²) in [6, 6.07) is 54.6. The number of hydrogen-bond acceptors (Lipinski definition) is 11. The van der Waals surface area contributed by atoms with Gasteiger partial charge in [-0.05, 0) is 180 Å². The van der Waals surface area contributed by atoms with Gasteiger partial charge in [0.05, 0.1) is 19.6 Å². The van der Waals surface area contributed by atoms with E-state index in [0.717, 1.165) is 87.9 Å². The van der Waals surface area contributed by atoms with Crippen LogP contribution in [0.3, 0.4) is 0 Å². The fourth-order valence-corrected chi connectivity index (χ4v) is 13.0. The van der Waals surface area contributed by atoms with Crippen LogP contribution in [0.5, 0.6) is 5.75 Å². The third-order valence-electron chi connectivity index (χ3n) is 21.3. The number of aliphatic hydroxyl groups excluding tert-OH is 1. The van der Waals surface area contributed by atoms with Crippen LogP contribution < -0.4 is 35.0 Å². The van der Waals surface area contributed by atoms with Crippen molar-refractivity contribution < 1.29 is 38.6 Å². The van der Waals surface area contributed by atoms with Crippen molar-refractivity contribution in [3.63, 3.8) is 0 Å². The highest BCUT2D eigenvalue weighted by Crippen LogP contribution is 2.34. The van der Waals surface area contributed by atoms with Crippen molar-refractivity contribution in [2.45, 2.75) is 236 Å². The monoisotopic (exact) mass is 1590 g/mol. The molecule has 0 atom stereocenters. The number of rotatable bonds is 10. The molecule has 0 unspecified atom stereocenters. The number of ether oxygens (including phenoxy) is 1. The Kier molecular flexibility index (Phi) is 35.5. The van der Waals surface area contributed by atoms with Crippen LogP contribution in [-0.2, 0) is 79.6 Å². The fraction of sp³-hybridized carbons (Fsp3) is 0.505. The van der Waals surface area contributed by atoms with Crippen molar-refractivity contribution in [3.05, 3.63) is 213 Å². The molecule has 4 aliphatic rings. The summed E-state index contributed by atoms with van der Waals surface area (Å²) in [5.74, 6) is 1.38. The Labute approximate surface area is 698 Å². The van der Waals surface area contributed by atoms with Gasteiger partial charge in [-0.25, -0.2) is 0 Å². The number of piperidine rings is 1. The number of nitrogens with one attached hydrogen (secondary N) is 2. The molecule has 0 radical (unpaired) electrons. The lowest BCUT2D eigenvalue weighted by molar-refractivity contribution is -0.133. The molecular weight excluding hydrogens is 1440 g/mol. The van der Waals surface area contributed by atoms with Gasteiger partial charge >= 0.3 is 0 Å². The minimum Gasteiger partial charge on any atom is -0.484 e. The summed E-state index contributed by atoms with van der Waals surface area (Å²) in [6.07, 6.45) is 5.51. The highest BCUT2D eigenvalue weighted by Gasteiger charge is 2.28. The number of aryl methyl sites for hydroxylation is 1. The first-order valence-corrected chi connectivity index (χ1v) is 41.3. The fourth-order valence-electron chi connectivity index (χ4n) is 13.0. The number of hydrogen-bond donors (Lipinski definition) is 3. The molecule has 0 spiro atoms. The molecule has 17 heteroatoms. The first-order valence-electron chi connectivity index (χ1n) is 41.3. The normalized spacial score (nSPS) is 14.1. The lowest BCUT2D eigenvalue weighted by atomic mass is 9.85. The Morgan fingerprint density at radius 3 is 1.31 bits per heavy atom. The van der Waals surface area contributed by atoms with Crippen LogP contribution in [-0.4, -0.2) is 144 Å². The van der Waals surface area contributed by atoms with E-state index in [1.165, 1.54) is 67.0 Å². The molecule has 116 heavy (non-hydrogen) atoms. The smallest absolute Gasteiger partial charge is 0.257 e. The van der Waals surface area contributed by atoms with Gasteiger partial charge in [-0.2, -0.15) is 0 Å². The summed E-state index contributed by atoms with van der Waals surface area (Å²) in [4.78, 5) is 84.1. The van der Waals surface area contributed by atoms with Crippen molar-refractivity contribution in [2.24, 2.45) is 10.9 Å². The first kappa shape index (κ1) is 97.0. The Morgan fingerprint density at radius 2 is 0.897 bits per heavy atom. The number of carbonyl (C=O) groups is 6. The maximum Gasteiger partial charge on any atom is 0.257 e. The predicted octanol–water partition coefficient (Wildman–Crippen LogP) is 19.1. The second-order valence-corrected chi connectivity index (χ2v) is 38.2. The summed E-state index contributed by atoms with van der Waals surface area (Å²) in [6.45, 7) is 55.6. The molecule has 2 fully saturated rings. The van der Waals surface area contributed by atoms with Crippen molar-refractivity contribution in [2.75, 3.05) is 113 Å². The van der Waals surface area contributed by atoms with Crippen LogP contribution in [0, 0.1) is 5.92 Å². The molecule has 7 aromatic carbocycles. The van der Waals surface area contributed by atoms with Gasteiger partial charge in [0, 0.05) is 135 Å². The summed E-state index contributed by atoms with van der Waals surface area (Å²) in [7, 11) is 8.80.